The first-order valence-electron chi connectivity index (χ1n) is 10.9. The Kier molecular flexibility index (Phi) is 4.01. The summed E-state index contributed by atoms with van der Waals surface area (Å²) >= 11 is 6.46. The molecule has 2 N–H and O–H groups in total. The van der Waals surface area contributed by atoms with Gasteiger partial charge in [0.05, 0.1) is 11.6 Å². The lowest BCUT2D eigenvalue weighted by atomic mass is 9.47. The van der Waals surface area contributed by atoms with Gasteiger partial charge in [-0.2, -0.15) is 0 Å². The smallest absolute Gasteiger partial charge is 0.249 e. The van der Waals surface area contributed by atoms with Crippen molar-refractivity contribution in [3.8, 4) is 0 Å². The van der Waals surface area contributed by atoms with E-state index in [-0.39, 0.29) is 11.5 Å². The fourth-order valence-electron chi connectivity index (χ4n) is 7.30. The van der Waals surface area contributed by atoms with Gasteiger partial charge in [0.1, 0.15) is 5.52 Å². The van der Waals surface area contributed by atoms with Crippen LogP contribution in [0.1, 0.15) is 60.5 Å². The number of nitrogens with zero attached hydrogens (tertiary/aromatic N) is 3. The number of carbonyl (C=O) groups excluding carboxylic acids is 1. The van der Waals surface area contributed by atoms with E-state index in [4.69, 9.17) is 17.3 Å². The zero-order valence-electron chi connectivity index (χ0n) is 16.8. The van der Waals surface area contributed by atoms with Crippen molar-refractivity contribution in [1.29, 1.82) is 0 Å². The van der Waals surface area contributed by atoms with Crippen molar-refractivity contribution in [1.82, 2.24) is 15.0 Å². The summed E-state index contributed by atoms with van der Waals surface area (Å²) < 4.78 is 2.06. The quantitative estimate of drug-likeness (QED) is 0.646. The third kappa shape index (κ3) is 2.71. The molecule has 4 aliphatic carbocycles. The number of aromatic nitrogens is 3. The Morgan fingerprint density at radius 3 is 2.40 bits per heavy atom. The first-order valence-corrected chi connectivity index (χ1v) is 11.3. The highest BCUT2D eigenvalue weighted by Gasteiger charge is 2.56. The topological polar surface area (TPSA) is 73.8 Å². The molecule has 5 nitrogen and oxygen atoms in total. The molecule has 154 valence electrons. The van der Waals surface area contributed by atoms with Gasteiger partial charge in [-0.05, 0) is 97.6 Å². The van der Waals surface area contributed by atoms with Crippen LogP contribution in [0.25, 0.3) is 11.0 Å². The summed E-state index contributed by atoms with van der Waals surface area (Å²) in [6, 6.07) is 13.4. The Labute approximate surface area is 180 Å². The molecular weight excluding hydrogens is 396 g/mol. The molecule has 30 heavy (non-hydrogen) atoms. The van der Waals surface area contributed by atoms with Crippen LogP contribution in [0.5, 0.6) is 0 Å². The Bertz CT molecular complexity index is 1120. The Hall–Kier alpha value is -2.40. The van der Waals surface area contributed by atoms with Crippen LogP contribution in [0.2, 0.25) is 5.02 Å². The largest absolute Gasteiger partial charge is 0.366 e. The van der Waals surface area contributed by atoms with Crippen LogP contribution >= 0.6 is 11.6 Å². The van der Waals surface area contributed by atoms with Crippen molar-refractivity contribution in [3.63, 3.8) is 0 Å². The van der Waals surface area contributed by atoms with E-state index >= 15 is 0 Å². The van der Waals surface area contributed by atoms with Crippen molar-refractivity contribution in [2.24, 2.45) is 28.9 Å². The number of hydrogen-bond acceptors (Lipinski definition) is 3. The number of para-hydroxylation sites is 1. The first-order chi connectivity index (χ1) is 14.5. The van der Waals surface area contributed by atoms with Gasteiger partial charge in [-0.3, -0.25) is 4.79 Å². The van der Waals surface area contributed by atoms with E-state index in [1.807, 2.05) is 24.3 Å². The lowest BCUT2D eigenvalue weighted by Gasteiger charge is -2.59. The molecule has 2 aromatic carbocycles. The molecule has 1 amide bonds. The van der Waals surface area contributed by atoms with E-state index in [1.54, 1.807) is 12.1 Å². The van der Waals surface area contributed by atoms with Crippen molar-refractivity contribution < 1.29 is 4.79 Å². The molecule has 1 atom stereocenters. The molecule has 4 fully saturated rings. The molecule has 0 spiro atoms. The van der Waals surface area contributed by atoms with Crippen molar-refractivity contribution >= 4 is 28.5 Å². The maximum absolute atomic E-state index is 12.4. The number of carbonyl (C=O) groups is 1. The fourth-order valence-corrected chi connectivity index (χ4v) is 7.48. The normalized spacial score (nSPS) is 30.6. The van der Waals surface area contributed by atoms with Crippen LogP contribution in [-0.2, 0) is 0 Å². The molecule has 6 heteroatoms. The number of hydrogen-bond donors (Lipinski definition) is 1. The van der Waals surface area contributed by atoms with Crippen LogP contribution in [0.3, 0.4) is 0 Å². The third-order valence-corrected chi connectivity index (χ3v) is 8.10. The Balaban J connectivity index is 1.61. The van der Waals surface area contributed by atoms with Gasteiger partial charge in [-0.25, -0.2) is 4.68 Å². The van der Waals surface area contributed by atoms with Crippen LogP contribution in [0.4, 0.5) is 0 Å². The average Bonchev–Trinajstić information content (AvgIpc) is 3.10. The molecule has 4 bridgehead atoms. The Morgan fingerprint density at radius 2 is 1.73 bits per heavy atom. The lowest BCUT2D eigenvalue weighted by molar-refractivity contribution is -0.0757. The highest BCUT2D eigenvalue weighted by molar-refractivity contribution is 6.30. The first kappa shape index (κ1) is 18.4. The number of primary amides is 1. The average molecular weight is 421 g/mol. The summed E-state index contributed by atoms with van der Waals surface area (Å²) in [6.45, 7) is 0. The van der Waals surface area contributed by atoms with E-state index in [0.29, 0.717) is 10.6 Å². The number of rotatable bonds is 4. The molecule has 1 unspecified atom stereocenters. The summed E-state index contributed by atoms with van der Waals surface area (Å²) in [5, 5.41) is 9.70. The summed E-state index contributed by atoms with van der Waals surface area (Å²) in [6.07, 6.45) is 7.56. The second-order valence-electron chi connectivity index (χ2n) is 9.80. The van der Waals surface area contributed by atoms with Crippen LogP contribution in [0, 0.1) is 23.2 Å². The van der Waals surface area contributed by atoms with Crippen LogP contribution < -0.4 is 5.73 Å². The molecular formula is C24H25ClN4O. The van der Waals surface area contributed by atoms with Gasteiger partial charge in [-0.15, -0.1) is 5.10 Å². The summed E-state index contributed by atoms with van der Waals surface area (Å²) in [7, 11) is 0. The monoisotopic (exact) mass is 420 g/mol. The van der Waals surface area contributed by atoms with E-state index < -0.39 is 5.91 Å². The molecule has 4 aliphatic rings. The minimum atomic E-state index is -0.416. The molecule has 1 aromatic heterocycles. The molecule has 7 rings (SSSR count). The number of halogens is 1. The van der Waals surface area contributed by atoms with E-state index in [2.05, 4.69) is 21.1 Å². The predicted octanol–water partition coefficient (Wildman–Crippen LogP) is 4.99. The number of benzene rings is 2. The minimum Gasteiger partial charge on any atom is -0.366 e. The van der Waals surface area contributed by atoms with E-state index in [1.165, 1.54) is 38.5 Å². The van der Waals surface area contributed by atoms with E-state index in [9.17, 15) is 4.79 Å². The molecule has 0 radical (unpaired) electrons. The lowest BCUT2D eigenvalue weighted by Crippen LogP contribution is -2.50. The maximum Gasteiger partial charge on any atom is 0.249 e. The van der Waals surface area contributed by atoms with Crippen molar-refractivity contribution in [2.75, 3.05) is 0 Å². The summed E-state index contributed by atoms with van der Waals surface area (Å²) in [4.78, 5) is 12.4. The van der Waals surface area contributed by atoms with Gasteiger partial charge in [0.15, 0.2) is 0 Å². The van der Waals surface area contributed by atoms with Gasteiger partial charge in [0.2, 0.25) is 5.91 Å². The van der Waals surface area contributed by atoms with Gasteiger partial charge < -0.3 is 5.73 Å². The highest BCUT2D eigenvalue weighted by atomic mass is 35.5. The molecule has 4 saturated carbocycles. The van der Waals surface area contributed by atoms with Crippen LogP contribution in [0.15, 0.2) is 42.5 Å². The van der Waals surface area contributed by atoms with Gasteiger partial charge in [0.25, 0.3) is 0 Å². The predicted molar refractivity (Wildman–Crippen MR) is 116 cm³/mol. The SMILES string of the molecule is NC(=O)c1ccc(Cl)cc1C(n1nnc2ccccc21)C12CC3CC(CC(C3)C1)C2. The number of fused-ring (bicyclic) bond motifs is 1. The zero-order chi connectivity index (χ0) is 20.5. The van der Waals surface area contributed by atoms with E-state index in [0.717, 1.165) is 34.4 Å². The highest BCUT2D eigenvalue weighted by Crippen LogP contribution is 2.65. The van der Waals surface area contributed by atoms with Crippen molar-refractivity contribution in [2.45, 2.75) is 44.6 Å². The molecule has 0 saturated heterocycles. The summed E-state index contributed by atoms with van der Waals surface area (Å²) in [5.74, 6) is 1.89. The molecule has 0 aliphatic heterocycles. The Morgan fingerprint density at radius 1 is 1.07 bits per heavy atom. The van der Waals surface area contributed by atoms with Gasteiger partial charge in [-0.1, -0.05) is 28.9 Å². The van der Waals surface area contributed by atoms with Gasteiger partial charge in [0, 0.05) is 10.6 Å². The minimum absolute atomic E-state index is 0.0557. The molecule has 1 heterocycles. The second-order valence-corrected chi connectivity index (χ2v) is 10.2. The number of nitrogens with two attached hydrogens (primary N) is 1. The standard InChI is InChI=1S/C24H25ClN4O/c25-17-5-6-18(23(26)30)19(10-17)22(29-21-4-2-1-3-20(21)27-28-29)24-11-14-7-15(12-24)9-16(8-14)13-24/h1-6,10,14-16,22H,7-9,11-13H2,(H2,26,30). The van der Waals surface area contributed by atoms with Crippen LogP contribution in [-0.4, -0.2) is 20.9 Å². The maximum atomic E-state index is 12.4. The third-order valence-electron chi connectivity index (χ3n) is 7.86. The summed E-state index contributed by atoms with van der Waals surface area (Å²) in [5.41, 5.74) is 9.19. The van der Waals surface area contributed by atoms with Crippen molar-refractivity contribution in [3.05, 3.63) is 58.6 Å². The molecule has 3 aromatic rings. The zero-order valence-corrected chi connectivity index (χ0v) is 17.6. The van der Waals surface area contributed by atoms with Gasteiger partial charge >= 0.3 is 0 Å². The second kappa shape index (κ2) is 6.55. The number of amides is 1. The fraction of sp³-hybridized carbons (Fsp3) is 0.458.